The van der Waals surface area contributed by atoms with Crippen molar-refractivity contribution in [3.8, 4) is 5.75 Å². The Hall–Kier alpha value is -1.55. The maximum absolute atomic E-state index is 9.00. The molecule has 14 heavy (non-hydrogen) atoms. The Morgan fingerprint density at radius 1 is 1.43 bits per heavy atom. The van der Waals surface area contributed by atoms with Crippen molar-refractivity contribution in [2.75, 3.05) is 13.7 Å². The zero-order valence-corrected chi connectivity index (χ0v) is 7.92. The number of hydrogen-bond acceptors (Lipinski definition) is 4. The van der Waals surface area contributed by atoms with Crippen molar-refractivity contribution < 1.29 is 15.1 Å². The molecule has 0 radical (unpaired) electrons. The van der Waals surface area contributed by atoms with Crippen LogP contribution in [0.3, 0.4) is 0 Å². The summed E-state index contributed by atoms with van der Waals surface area (Å²) in [6, 6.07) is 7.23. The molecular formula is C10H13NO3. The van der Waals surface area contributed by atoms with Gasteiger partial charge in [0.05, 0.1) is 19.9 Å². The van der Waals surface area contributed by atoms with Crippen LogP contribution >= 0.6 is 0 Å². The number of methoxy groups -OCH3 is 1. The maximum atomic E-state index is 9.00. The average molecular weight is 195 g/mol. The molecule has 1 rings (SSSR count). The molecule has 0 aliphatic heterocycles. The van der Waals surface area contributed by atoms with Gasteiger partial charge in [0.25, 0.3) is 0 Å². The first-order valence-corrected chi connectivity index (χ1v) is 4.24. The van der Waals surface area contributed by atoms with Crippen LogP contribution in [0, 0.1) is 0 Å². The topological polar surface area (TPSA) is 62.0 Å². The van der Waals surface area contributed by atoms with E-state index < -0.39 is 0 Å². The summed E-state index contributed by atoms with van der Waals surface area (Å²) in [4.78, 5) is 0. The van der Waals surface area contributed by atoms with Crippen LogP contribution in [0.2, 0.25) is 0 Å². The lowest BCUT2D eigenvalue weighted by molar-refractivity contribution is 0.283. The number of nitrogens with zero attached hydrogens (tertiary/aromatic N) is 1. The minimum absolute atomic E-state index is 0.0869. The molecule has 1 aromatic rings. The minimum Gasteiger partial charge on any atom is -0.497 e. The molecule has 4 heteroatoms. The minimum atomic E-state index is -0.272. The van der Waals surface area contributed by atoms with E-state index in [1.54, 1.807) is 19.2 Å². The Balaban J connectivity index is 2.83. The van der Waals surface area contributed by atoms with Gasteiger partial charge in [-0.2, -0.15) is 0 Å². The van der Waals surface area contributed by atoms with Gasteiger partial charge in [0.2, 0.25) is 0 Å². The average Bonchev–Trinajstić information content (AvgIpc) is 2.26. The Bertz CT molecular complexity index is 295. The van der Waals surface area contributed by atoms with Crippen molar-refractivity contribution in [1.82, 2.24) is 0 Å². The highest BCUT2D eigenvalue weighted by Gasteiger charge is 2.07. The fraction of sp³-hybridized carbons (Fsp3) is 0.300. The third kappa shape index (κ3) is 2.47. The predicted octanol–water partition coefficient (Wildman–Crippen LogP) is 1.23. The van der Waals surface area contributed by atoms with Crippen molar-refractivity contribution in [1.29, 1.82) is 0 Å². The van der Waals surface area contributed by atoms with Crippen LogP contribution in [-0.2, 0) is 0 Å². The maximum Gasteiger partial charge on any atom is 0.118 e. The van der Waals surface area contributed by atoms with Crippen molar-refractivity contribution in [2.24, 2.45) is 5.16 Å². The lowest BCUT2D eigenvalue weighted by atomic mass is 10.0. The predicted molar refractivity (Wildman–Crippen MR) is 53.1 cm³/mol. The quantitative estimate of drug-likeness (QED) is 0.431. The van der Waals surface area contributed by atoms with E-state index in [-0.39, 0.29) is 12.5 Å². The summed E-state index contributed by atoms with van der Waals surface area (Å²) in [5.41, 5.74) is 0.881. The van der Waals surface area contributed by atoms with Gasteiger partial charge in [-0.15, -0.1) is 5.16 Å². The normalized spacial score (nSPS) is 13.0. The number of benzene rings is 1. The van der Waals surface area contributed by atoms with Crippen LogP contribution in [-0.4, -0.2) is 30.2 Å². The van der Waals surface area contributed by atoms with Gasteiger partial charge in [-0.3, -0.25) is 0 Å². The third-order valence-electron chi connectivity index (χ3n) is 1.99. The smallest absolute Gasteiger partial charge is 0.118 e. The molecule has 0 aromatic heterocycles. The SMILES string of the molecule is COc1ccc(C(C=NO)CO)cc1. The van der Waals surface area contributed by atoms with Crippen LogP contribution in [0.15, 0.2) is 29.4 Å². The number of aliphatic hydroxyl groups is 1. The van der Waals surface area contributed by atoms with E-state index in [2.05, 4.69) is 5.16 Å². The monoisotopic (exact) mass is 195 g/mol. The summed E-state index contributed by atoms with van der Waals surface area (Å²) >= 11 is 0. The summed E-state index contributed by atoms with van der Waals surface area (Å²) in [7, 11) is 1.59. The molecule has 1 unspecified atom stereocenters. The van der Waals surface area contributed by atoms with Gasteiger partial charge in [0.1, 0.15) is 5.75 Å². The van der Waals surface area contributed by atoms with Gasteiger partial charge in [0.15, 0.2) is 0 Å². The molecule has 0 saturated carbocycles. The highest BCUT2D eigenvalue weighted by atomic mass is 16.5. The summed E-state index contributed by atoms with van der Waals surface area (Å²) in [5.74, 6) is 0.484. The van der Waals surface area contributed by atoms with E-state index in [1.807, 2.05) is 12.1 Å². The number of aliphatic hydroxyl groups excluding tert-OH is 1. The summed E-state index contributed by atoms with van der Waals surface area (Å²) in [6.45, 7) is -0.0869. The molecule has 0 spiro atoms. The highest BCUT2D eigenvalue weighted by molar-refractivity contribution is 5.67. The number of hydrogen-bond donors (Lipinski definition) is 2. The van der Waals surface area contributed by atoms with Crippen LogP contribution in [0.4, 0.5) is 0 Å². The van der Waals surface area contributed by atoms with Crippen LogP contribution in [0.5, 0.6) is 5.75 Å². The molecule has 1 atom stereocenters. The molecular weight excluding hydrogens is 182 g/mol. The number of oxime groups is 1. The highest BCUT2D eigenvalue weighted by Crippen LogP contribution is 2.17. The van der Waals surface area contributed by atoms with Gasteiger partial charge in [0, 0.05) is 5.92 Å². The fourth-order valence-corrected chi connectivity index (χ4v) is 1.17. The number of rotatable bonds is 4. The van der Waals surface area contributed by atoms with E-state index in [4.69, 9.17) is 15.1 Å². The second-order valence-electron chi connectivity index (χ2n) is 2.83. The van der Waals surface area contributed by atoms with Gasteiger partial charge in [-0.25, -0.2) is 0 Å². The molecule has 76 valence electrons. The first kappa shape index (κ1) is 10.5. The fourth-order valence-electron chi connectivity index (χ4n) is 1.17. The lowest BCUT2D eigenvalue weighted by Crippen LogP contribution is -2.05. The molecule has 0 aliphatic rings. The van der Waals surface area contributed by atoms with Crippen LogP contribution < -0.4 is 4.74 Å². The molecule has 1 aromatic carbocycles. The summed E-state index contributed by atoms with van der Waals surface area (Å²) < 4.78 is 5.00. The molecule has 0 bridgehead atoms. The van der Waals surface area contributed by atoms with Crippen molar-refractivity contribution in [2.45, 2.75) is 5.92 Å². The molecule has 2 N–H and O–H groups in total. The van der Waals surface area contributed by atoms with E-state index >= 15 is 0 Å². The molecule has 4 nitrogen and oxygen atoms in total. The Morgan fingerprint density at radius 3 is 2.50 bits per heavy atom. The Kier molecular flexibility index (Phi) is 3.94. The van der Waals surface area contributed by atoms with Gasteiger partial charge < -0.3 is 15.1 Å². The van der Waals surface area contributed by atoms with Gasteiger partial charge >= 0.3 is 0 Å². The van der Waals surface area contributed by atoms with Crippen LogP contribution in [0.25, 0.3) is 0 Å². The van der Waals surface area contributed by atoms with E-state index in [0.29, 0.717) is 0 Å². The molecule has 0 fully saturated rings. The van der Waals surface area contributed by atoms with E-state index in [1.165, 1.54) is 6.21 Å². The standard InChI is InChI=1S/C10H13NO3/c1-14-10-4-2-8(3-5-10)9(7-12)6-11-13/h2-6,9,12-13H,7H2,1H3. The first-order chi connectivity index (χ1) is 6.81. The molecule has 0 saturated heterocycles. The first-order valence-electron chi connectivity index (χ1n) is 4.24. The van der Waals surface area contributed by atoms with Gasteiger partial charge in [-0.05, 0) is 17.7 Å². The number of ether oxygens (including phenoxy) is 1. The Morgan fingerprint density at radius 2 is 2.07 bits per heavy atom. The van der Waals surface area contributed by atoms with Crippen molar-refractivity contribution in [3.05, 3.63) is 29.8 Å². The van der Waals surface area contributed by atoms with E-state index in [0.717, 1.165) is 11.3 Å². The second-order valence-corrected chi connectivity index (χ2v) is 2.83. The zero-order valence-electron chi connectivity index (χ0n) is 7.92. The molecule has 0 aliphatic carbocycles. The third-order valence-corrected chi connectivity index (χ3v) is 1.99. The molecule has 0 amide bonds. The van der Waals surface area contributed by atoms with Crippen molar-refractivity contribution >= 4 is 6.21 Å². The molecule has 0 heterocycles. The van der Waals surface area contributed by atoms with Crippen LogP contribution in [0.1, 0.15) is 11.5 Å². The summed E-state index contributed by atoms with van der Waals surface area (Å²) in [6.07, 6.45) is 1.29. The van der Waals surface area contributed by atoms with Gasteiger partial charge in [-0.1, -0.05) is 12.1 Å². The largest absolute Gasteiger partial charge is 0.497 e. The van der Waals surface area contributed by atoms with E-state index in [9.17, 15) is 0 Å². The second kappa shape index (κ2) is 5.24. The van der Waals surface area contributed by atoms with Crippen molar-refractivity contribution in [3.63, 3.8) is 0 Å². The summed E-state index contributed by atoms with van der Waals surface area (Å²) in [5, 5.41) is 20.3. The lowest BCUT2D eigenvalue weighted by Gasteiger charge is -2.08. The Labute approximate surface area is 82.4 Å². The zero-order chi connectivity index (χ0) is 10.4.